The Hall–Kier alpha value is -2.99. The van der Waals surface area contributed by atoms with Gasteiger partial charge in [0.2, 0.25) is 5.91 Å². The fourth-order valence-electron chi connectivity index (χ4n) is 2.50. The van der Waals surface area contributed by atoms with Gasteiger partial charge in [0.05, 0.1) is 6.04 Å². The summed E-state index contributed by atoms with van der Waals surface area (Å²) in [5.41, 5.74) is 7.84. The molecule has 0 aliphatic rings. The lowest BCUT2D eigenvalue weighted by atomic mass is 10.0. The van der Waals surface area contributed by atoms with Crippen LogP contribution in [0.2, 0.25) is 0 Å². The summed E-state index contributed by atoms with van der Waals surface area (Å²) in [7, 11) is 0. The van der Waals surface area contributed by atoms with E-state index in [-0.39, 0.29) is 17.2 Å². The molecular weight excluding hydrogens is 294 g/mol. The molecule has 0 radical (unpaired) electrons. The van der Waals surface area contributed by atoms with Crippen molar-refractivity contribution in [2.45, 2.75) is 12.5 Å². The smallest absolute Gasteiger partial charge is 0.241 e. The van der Waals surface area contributed by atoms with Crippen LogP contribution >= 0.6 is 0 Å². The van der Waals surface area contributed by atoms with E-state index in [2.05, 4.69) is 10.3 Å². The first-order chi connectivity index (χ1) is 11.1. The van der Waals surface area contributed by atoms with Gasteiger partial charge in [0, 0.05) is 17.1 Å². The van der Waals surface area contributed by atoms with Gasteiger partial charge in [-0.3, -0.25) is 4.79 Å². The second-order valence-corrected chi connectivity index (χ2v) is 5.33. The number of aromatic nitrogens is 1. The SMILES string of the molecule is N[C@@H](Cc1c[nH]c2ccccc12)C(=O)Nc1c(O)cccc1O. The lowest BCUT2D eigenvalue weighted by Crippen LogP contribution is -2.37. The van der Waals surface area contributed by atoms with E-state index >= 15 is 0 Å². The van der Waals surface area contributed by atoms with E-state index in [1.54, 1.807) is 0 Å². The summed E-state index contributed by atoms with van der Waals surface area (Å²) < 4.78 is 0. The van der Waals surface area contributed by atoms with Crippen LogP contribution in [-0.4, -0.2) is 27.1 Å². The van der Waals surface area contributed by atoms with E-state index in [9.17, 15) is 15.0 Å². The molecule has 3 aromatic rings. The van der Waals surface area contributed by atoms with Gasteiger partial charge in [0.15, 0.2) is 0 Å². The van der Waals surface area contributed by atoms with Crippen molar-refractivity contribution in [1.29, 1.82) is 0 Å². The largest absolute Gasteiger partial charge is 0.506 e. The van der Waals surface area contributed by atoms with E-state index in [0.717, 1.165) is 16.5 Å². The van der Waals surface area contributed by atoms with Gasteiger partial charge in [-0.2, -0.15) is 0 Å². The second kappa shape index (κ2) is 6.02. The molecule has 0 spiro atoms. The predicted molar refractivity (Wildman–Crippen MR) is 88.4 cm³/mol. The first-order valence-corrected chi connectivity index (χ1v) is 7.18. The first-order valence-electron chi connectivity index (χ1n) is 7.18. The maximum absolute atomic E-state index is 12.2. The van der Waals surface area contributed by atoms with Crippen LogP contribution in [0.3, 0.4) is 0 Å². The van der Waals surface area contributed by atoms with Crippen LogP contribution in [0, 0.1) is 0 Å². The topological polar surface area (TPSA) is 111 Å². The van der Waals surface area contributed by atoms with Crippen molar-refractivity contribution in [1.82, 2.24) is 4.98 Å². The molecule has 1 atom stereocenters. The second-order valence-electron chi connectivity index (χ2n) is 5.33. The van der Waals surface area contributed by atoms with Crippen LogP contribution in [-0.2, 0) is 11.2 Å². The molecule has 0 aliphatic carbocycles. The fourth-order valence-corrected chi connectivity index (χ4v) is 2.50. The number of rotatable bonds is 4. The number of fused-ring (bicyclic) bond motifs is 1. The zero-order valence-electron chi connectivity index (χ0n) is 12.3. The lowest BCUT2D eigenvalue weighted by molar-refractivity contribution is -0.117. The monoisotopic (exact) mass is 311 g/mol. The van der Waals surface area contributed by atoms with E-state index in [1.165, 1.54) is 18.2 Å². The van der Waals surface area contributed by atoms with Crippen molar-refractivity contribution < 1.29 is 15.0 Å². The molecule has 1 amide bonds. The summed E-state index contributed by atoms with van der Waals surface area (Å²) in [6.45, 7) is 0. The number of anilines is 1. The lowest BCUT2D eigenvalue weighted by Gasteiger charge is -2.13. The Morgan fingerprint density at radius 1 is 1.13 bits per heavy atom. The molecule has 6 heteroatoms. The molecule has 1 aromatic heterocycles. The molecule has 0 unspecified atom stereocenters. The van der Waals surface area contributed by atoms with Gasteiger partial charge in [-0.1, -0.05) is 24.3 Å². The van der Waals surface area contributed by atoms with Crippen molar-refractivity contribution in [2.75, 3.05) is 5.32 Å². The third-order valence-electron chi connectivity index (χ3n) is 3.72. The number of benzene rings is 2. The van der Waals surface area contributed by atoms with Crippen molar-refractivity contribution in [3.63, 3.8) is 0 Å². The van der Waals surface area contributed by atoms with Crippen molar-refractivity contribution in [2.24, 2.45) is 5.73 Å². The Kier molecular flexibility index (Phi) is 3.91. The number of hydrogen-bond acceptors (Lipinski definition) is 4. The summed E-state index contributed by atoms with van der Waals surface area (Å²) in [4.78, 5) is 15.3. The summed E-state index contributed by atoms with van der Waals surface area (Å²) >= 11 is 0. The molecule has 0 bridgehead atoms. The number of H-pyrrole nitrogens is 1. The number of phenolic OH excluding ortho intramolecular Hbond substituents is 2. The highest BCUT2D eigenvalue weighted by molar-refractivity contribution is 5.98. The maximum atomic E-state index is 12.2. The van der Waals surface area contributed by atoms with E-state index < -0.39 is 11.9 Å². The number of nitrogens with two attached hydrogens (primary N) is 1. The van der Waals surface area contributed by atoms with Crippen LogP contribution in [0.25, 0.3) is 10.9 Å². The molecule has 23 heavy (non-hydrogen) atoms. The minimum Gasteiger partial charge on any atom is -0.506 e. The number of amides is 1. The normalized spacial score (nSPS) is 12.2. The number of hydrogen-bond donors (Lipinski definition) is 5. The van der Waals surface area contributed by atoms with Gasteiger partial charge in [0.25, 0.3) is 0 Å². The molecule has 0 saturated heterocycles. The number of nitrogens with one attached hydrogen (secondary N) is 2. The zero-order valence-corrected chi connectivity index (χ0v) is 12.3. The van der Waals surface area contributed by atoms with E-state index in [1.807, 2.05) is 30.5 Å². The van der Waals surface area contributed by atoms with E-state index in [4.69, 9.17) is 5.73 Å². The molecular formula is C17H17N3O3. The highest BCUT2D eigenvalue weighted by Crippen LogP contribution is 2.32. The van der Waals surface area contributed by atoms with Gasteiger partial charge in [0.1, 0.15) is 17.2 Å². The number of aromatic amines is 1. The molecule has 0 saturated carbocycles. The van der Waals surface area contributed by atoms with Crippen LogP contribution < -0.4 is 11.1 Å². The molecule has 3 rings (SSSR count). The Balaban J connectivity index is 1.75. The van der Waals surface area contributed by atoms with Crippen molar-refractivity contribution in [3.05, 3.63) is 54.2 Å². The predicted octanol–water partition coefficient (Wildman–Crippen LogP) is 2.09. The van der Waals surface area contributed by atoms with Gasteiger partial charge in [-0.15, -0.1) is 0 Å². The average molecular weight is 311 g/mol. The number of carbonyl (C=O) groups excluding carboxylic acids is 1. The first kappa shape index (κ1) is 14.9. The fraction of sp³-hybridized carbons (Fsp3) is 0.118. The number of carbonyl (C=O) groups is 1. The average Bonchev–Trinajstić information content (AvgIpc) is 2.94. The molecule has 0 aliphatic heterocycles. The van der Waals surface area contributed by atoms with Gasteiger partial charge in [-0.25, -0.2) is 0 Å². The molecule has 6 N–H and O–H groups in total. The summed E-state index contributed by atoms with van der Waals surface area (Å²) in [5.74, 6) is -0.901. The quantitative estimate of drug-likeness (QED) is 0.475. The van der Waals surface area contributed by atoms with Crippen LogP contribution in [0.15, 0.2) is 48.7 Å². The number of aromatic hydroxyl groups is 2. The van der Waals surface area contributed by atoms with E-state index in [0.29, 0.717) is 6.42 Å². The highest BCUT2D eigenvalue weighted by Gasteiger charge is 2.19. The van der Waals surface area contributed by atoms with Crippen LogP contribution in [0.1, 0.15) is 5.56 Å². The zero-order chi connectivity index (χ0) is 16.4. The summed E-state index contributed by atoms with van der Waals surface area (Å²) in [6, 6.07) is 11.2. The van der Waals surface area contributed by atoms with Crippen molar-refractivity contribution >= 4 is 22.5 Å². The molecule has 2 aromatic carbocycles. The standard InChI is InChI=1S/C17H17N3O3/c18-12(8-10-9-19-13-5-2-1-4-11(10)13)17(23)20-16-14(21)6-3-7-15(16)22/h1-7,9,12,19,21-22H,8,18H2,(H,20,23)/t12-/m0/s1. The summed E-state index contributed by atoms with van der Waals surface area (Å²) in [6.07, 6.45) is 2.17. The third kappa shape index (κ3) is 2.97. The van der Waals surface area contributed by atoms with Crippen molar-refractivity contribution in [3.8, 4) is 11.5 Å². The third-order valence-corrected chi connectivity index (χ3v) is 3.72. The van der Waals surface area contributed by atoms with Gasteiger partial charge < -0.3 is 26.2 Å². The van der Waals surface area contributed by atoms with Crippen LogP contribution in [0.4, 0.5) is 5.69 Å². The number of phenols is 2. The summed E-state index contributed by atoms with van der Waals surface area (Å²) in [5, 5.41) is 22.9. The maximum Gasteiger partial charge on any atom is 0.241 e. The van der Waals surface area contributed by atoms with Gasteiger partial charge >= 0.3 is 0 Å². The number of para-hydroxylation sites is 2. The Morgan fingerprint density at radius 3 is 2.57 bits per heavy atom. The van der Waals surface area contributed by atoms with Gasteiger partial charge in [-0.05, 0) is 30.2 Å². The Morgan fingerprint density at radius 2 is 1.83 bits per heavy atom. The molecule has 118 valence electrons. The highest BCUT2D eigenvalue weighted by atomic mass is 16.3. The molecule has 1 heterocycles. The Bertz CT molecular complexity index is 837. The minimum absolute atomic E-state index is 0.0353. The molecule has 6 nitrogen and oxygen atoms in total. The Labute approximate surface area is 132 Å². The molecule has 0 fully saturated rings. The van der Waals surface area contributed by atoms with Crippen LogP contribution in [0.5, 0.6) is 11.5 Å². The minimum atomic E-state index is -0.812.